The topological polar surface area (TPSA) is 106 Å². The maximum absolute atomic E-state index is 12.3. The molecule has 2 aliphatic heterocycles. The van der Waals surface area contributed by atoms with Crippen LogP contribution in [0.1, 0.15) is 12.5 Å². The molecule has 0 radical (unpaired) electrons. The van der Waals surface area contributed by atoms with E-state index in [1.807, 2.05) is 31.2 Å². The highest BCUT2D eigenvalue weighted by Gasteiger charge is 2.37. The van der Waals surface area contributed by atoms with Gasteiger partial charge in [-0.15, -0.1) is 0 Å². The third-order valence-electron chi connectivity index (χ3n) is 5.35. The number of nitrogens with one attached hydrogen (secondary N) is 1. The molecule has 3 N–H and O–H groups in total. The summed E-state index contributed by atoms with van der Waals surface area (Å²) in [5.41, 5.74) is 6.69. The van der Waals surface area contributed by atoms with Crippen LogP contribution in [0, 0.1) is 0 Å². The first kappa shape index (κ1) is 21.4. The van der Waals surface area contributed by atoms with Gasteiger partial charge in [0, 0.05) is 26.2 Å². The number of nitrogens with two attached hydrogens (primary N) is 1. The fourth-order valence-corrected chi connectivity index (χ4v) is 3.59. The minimum Gasteiger partial charge on any atom is -0.490 e. The standard InChI is InChI=1S/C20H30N4O5/c1-14(23-9-7-22-8-10-23)24-12-17(29-20(24)26)13-28-16-5-3-15(4-6-16)11-18(21)19(25)27-2/h3-6,14,17-18,22H,7-13,21H2,1-2H3. The fourth-order valence-electron chi connectivity index (χ4n) is 3.59. The first-order chi connectivity index (χ1) is 14.0. The average molecular weight is 406 g/mol. The predicted octanol–water partition coefficient (Wildman–Crippen LogP) is 0.180. The van der Waals surface area contributed by atoms with Crippen LogP contribution in [0.5, 0.6) is 5.75 Å². The zero-order valence-corrected chi connectivity index (χ0v) is 17.0. The van der Waals surface area contributed by atoms with Crippen molar-refractivity contribution in [3.8, 4) is 5.75 Å². The van der Waals surface area contributed by atoms with Crippen LogP contribution in [-0.4, -0.2) is 86.6 Å². The molecule has 3 rings (SSSR count). The normalized spacial score (nSPS) is 22.1. The van der Waals surface area contributed by atoms with Gasteiger partial charge < -0.3 is 25.3 Å². The van der Waals surface area contributed by atoms with E-state index < -0.39 is 12.0 Å². The van der Waals surface area contributed by atoms with Gasteiger partial charge >= 0.3 is 12.1 Å². The Hall–Kier alpha value is -2.36. The average Bonchev–Trinajstić information content (AvgIpc) is 3.13. The minimum absolute atomic E-state index is 0.00732. The van der Waals surface area contributed by atoms with E-state index in [-0.39, 0.29) is 25.0 Å². The Morgan fingerprint density at radius 2 is 2.00 bits per heavy atom. The molecule has 2 saturated heterocycles. The Bertz CT molecular complexity index is 693. The first-order valence-electron chi connectivity index (χ1n) is 9.95. The van der Waals surface area contributed by atoms with Crippen LogP contribution in [-0.2, 0) is 20.7 Å². The largest absolute Gasteiger partial charge is 0.490 e. The summed E-state index contributed by atoms with van der Waals surface area (Å²) in [6.45, 7) is 6.53. The number of benzene rings is 1. The van der Waals surface area contributed by atoms with Crippen LogP contribution in [0.15, 0.2) is 24.3 Å². The number of hydrogen-bond donors (Lipinski definition) is 2. The Kier molecular flexibility index (Phi) is 7.29. The molecule has 0 aromatic heterocycles. The molecule has 0 bridgehead atoms. The lowest BCUT2D eigenvalue weighted by Gasteiger charge is -2.36. The van der Waals surface area contributed by atoms with Crippen molar-refractivity contribution in [3.05, 3.63) is 29.8 Å². The van der Waals surface area contributed by atoms with Crippen LogP contribution >= 0.6 is 0 Å². The second-order valence-electron chi connectivity index (χ2n) is 7.36. The van der Waals surface area contributed by atoms with Crippen molar-refractivity contribution >= 4 is 12.1 Å². The van der Waals surface area contributed by atoms with Gasteiger partial charge in [0.25, 0.3) is 0 Å². The number of esters is 1. The van der Waals surface area contributed by atoms with Crippen molar-refractivity contribution in [3.63, 3.8) is 0 Å². The van der Waals surface area contributed by atoms with Crippen molar-refractivity contribution in [2.75, 3.05) is 46.4 Å². The van der Waals surface area contributed by atoms with Gasteiger partial charge in [-0.2, -0.15) is 0 Å². The number of rotatable bonds is 8. The second kappa shape index (κ2) is 9.91. The SMILES string of the molecule is COC(=O)C(N)Cc1ccc(OCC2CN(C(C)N3CCNCC3)C(=O)O2)cc1. The van der Waals surface area contributed by atoms with Gasteiger partial charge in [0.15, 0.2) is 6.10 Å². The monoisotopic (exact) mass is 406 g/mol. The Morgan fingerprint density at radius 1 is 1.31 bits per heavy atom. The van der Waals surface area contributed by atoms with Crippen molar-refractivity contribution in [1.82, 2.24) is 15.1 Å². The molecule has 3 unspecified atom stereocenters. The van der Waals surface area contributed by atoms with E-state index >= 15 is 0 Å². The van der Waals surface area contributed by atoms with E-state index in [1.165, 1.54) is 7.11 Å². The molecule has 29 heavy (non-hydrogen) atoms. The van der Waals surface area contributed by atoms with E-state index in [0.29, 0.717) is 18.7 Å². The number of hydrogen-bond acceptors (Lipinski definition) is 8. The maximum atomic E-state index is 12.3. The molecular formula is C20H30N4O5. The molecular weight excluding hydrogens is 376 g/mol. The van der Waals surface area contributed by atoms with E-state index in [2.05, 4.69) is 15.0 Å². The summed E-state index contributed by atoms with van der Waals surface area (Å²) in [5, 5.41) is 3.32. The van der Waals surface area contributed by atoms with Gasteiger partial charge in [0.1, 0.15) is 18.4 Å². The zero-order chi connectivity index (χ0) is 20.8. The summed E-state index contributed by atoms with van der Waals surface area (Å²) >= 11 is 0. The number of cyclic esters (lactones) is 1. The molecule has 160 valence electrons. The highest BCUT2D eigenvalue weighted by atomic mass is 16.6. The minimum atomic E-state index is -0.687. The Balaban J connectivity index is 1.46. The summed E-state index contributed by atoms with van der Waals surface area (Å²) in [7, 11) is 1.32. The third-order valence-corrected chi connectivity index (χ3v) is 5.35. The molecule has 1 amide bonds. The number of carbonyl (C=O) groups is 2. The molecule has 2 heterocycles. The van der Waals surface area contributed by atoms with Crippen LogP contribution in [0.3, 0.4) is 0 Å². The number of carbonyl (C=O) groups excluding carboxylic acids is 2. The summed E-state index contributed by atoms with van der Waals surface area (Å²) in [6, 6.07) is 6.66. The molecule has 3 atom stereocenters. The number of nitrogens with zero attached hydrogens (tertiary/aromatic N) is 2. The predicted molar refractivity (Wildman–Crippen MR) is 107 cm³/mol. The highest BCUT2D eigenvalue weighted by molar-refractivity contribution is 5.75. The molecule has 0 spiro atoms. The molecule has 1 aromatic carbocycles. The van der Waals surface area contributed by atoms with E-state index in [9.17, 15) is 9.59 Å². The lowest BCUT2D eigenvalue weighted by Crippen LogP contribution is -2.54. The zero-order valence-electron chi connectivity index (χ0n) is 17.0. The summed E-state index contributed by atoms with van der Waals surface area (Å²) in [5.74, 6) is 0.234. The summed E-state index contributed by atoms with van der Waals surface area (Å²) in [4.78, 5) is 27.7. The number of methoxy groups -OCH3 is 1. The van der Waals surface area contributed by atoms with E-state index in [0.717, 1.165) is 31.7 Å². The third kappa shape index (κ3) is 5.59. The number of amides is 1. The summed E-state index contributed by atoms with van der Waals surface area (Å²) < 4.78 is 15.9. The van der Waals surface area contributed by atoms with Crippen LogP contribution < -0.4 is 15.8 Å². The molecule has 0 aliphatic carbocycles. The molecule has 2 fully saturated rings. The smallest absolute Gasteiger partial charge is 0.411 e. The first-order valence-corrected chi connectivity index (χ1v) is 9.95. The molecule has 9 nitrogen and oxygen atoms in total. The van der Waals surface area contributed by atoms with Crippen molar-refractivity contribution in [2.45, 2.75) is 31.7 Å². The highest BCUT2D eigenvalue weighted by Crippen LogP contribution is 2.19. The van der Waals surface area contributed by atoms with Crippen LogP contribution in [0.4, 0.5) is 4.79 Å². The van der Waals surface area contributed by atoms with E-state index in [1.54, 1.807) is 4.90 Å². The fraction of sp³-hybridized carbons (Fsp3) is 0.600. The lowest BCUT2D eigenvalue weighted by molar-refractivity contribution is -0.142. The molecule has 2 aliphatic rings. The van der Waals surface area contributed by atoms with Crippen molar-refractivity contribution < 1.29 is 23.8 Å². The van der Waals surface area contributed by atoms with Crippen molar-refractivity contribution in [1.29, 1.82) is 0 Å². The maximum Gasteiger partial charge on any atom is 0.411 e. The second-order valence-corrected chi connectivity index (χ2v) is 7.36. The van der Waals surface area contributed by atoms with Gasteiger partial charge in [-0.25, -0.2) is 4.79 Å². The van der Waals surface area contributed by atoms with Crippen molar-refractivity contribution in [2.24, 2.45) is 5.73 Å². The Morgan fingerprint density at radius 3 is 2.66 bits per heavy atom. The van der Waals surface area contributed by atoms with E-state index in [4.69, 9.17) is 15.2 Å². The van der Waals surface area contributed by atoms with Gasteiger partial charge in [-0.05, 0) is 31.0 Å². The van der Waals surface area contributed by atoms with Gasteiger partial charge in [-0.1, -0.05) is 12.1 Å². The van der Waals surface area contributed by atoms with Crippen LogP contribution in [0.2, 0.25) is 0 Å². The number of piperazine rings is 1. The molecule has 1 aromatic rings. The summed E-state index contributed by atoms with van der Waals surface area (Å²) in [6.07, 6.45) is -0.198. The molecule has 0 saturated carbocycles. The number of ether oxygens (including phenoxy) is 3. The molecule has 9 heteroatoms. The van der Waals surface area contributed by atoms with Crippen LogP contribution in [0.25, 0.3) is 0 Å². The Labute approximate surface area is 171 Å². The lowest BCUT2D eigenvalue weighted by atomic mass is 10.1. The quantitative estimate of drug-likeness (QED) is 0.589. The van der Waals surface area contributed by atoms with Gasteiger partial charge in [-0.3, -0.25) is 14.6 Å². The van der Waals surface area contributed by atoms with Gasteiger partial charge in [0.05, 0.1) is 19.8 Å². The van der Waals surface area contributed by atoms with Gasteiger partial charge in [0.2, 0.25) is 0 Å².